The summed E-state index contributed by atoms with van der Waals surface area (Å²) < 4.78 is 23.8. The second-order valence-corrected chi connectivity index (χ2v) is 3.28. The quantitative estimate of drug-likeness (QED) is 0.678. The SMILES string of the molecule is F[C@H]1CCNC1.Fc1ccc(Cl)nc1. The standard InChI is InChI=1S/C5H3ClFN.C4H8FN/c6-5-2-1-4(7)3-8-5;5-4-1-2-6-3-4/h1-3H;4,6H,1-3H2/t;4-/m.0/s1. The van der Waals surface area contributed by atoms with Crippen molar-refractivity contribution in [1.82, 2.24) is 10.3 Å². The number of nitrogens with zero attached hydrogens (tertiary/aromatic N) is 1. The molecular formula is C9H11ClF2N2. The lowest BCUT2D eigenvalue weighted by Crippen LogP contribution is -2.08. The molecule has 5 heteroatoms. The van der Waals surface area contributed by atoms with E-state index < -0.39 is 6.17 Å². The molecule has 0 aromatic carbocycles. The van der Waals surface area contributed by atoms with Crippen molar-refractivity contribution in [3.63, 3.8) is 0 Å². The second-order valence-electron chi connectivity index (χ2n) is 2.89. The molecule has 14 heavy (non-hydrogen) atoms. The zero-order valence-corrected chi connectivity index (χ0v) is 8.27. The summed E-state index contributed by atoms with van der Waals surface area (Å²) in [5, 5.41) is 3.21. The number of nitrogens with one attached hydrogen (secondary N) is 1. The normalized spacial score (nSPS) is 20.1. The number of rotatable bonds is 0. The molecule has 1 aliphatic rings. The van der Waals surface area contributed by atoms with E-state index in [0.29, 0.717) is 18.1 Å². The third kappa shape index (κ3) is 4.48. The first kappa shape index (κ1) is 11.3. The largest absolute Gasteiger partial charge is 0.314 e. The van der Waals surface area contributed by atoms with Gasteiger partial charge in [-0.15, -0.1) is 0 Å². The molecule has 1 atom stereocenters. The lowest BCUT2D eigenvalue weighted by Gasteiger charge is -1.86. The molecule has 2 rings (SSSR count). The van der Waals surface area contributed by atoms with Crippen LogP contribution < -0.4 is 5.32 Å². The van der Waals surface area contributed by atoms with Gasteiger partial charge in [0.15, 0.2) is 0 Å². The Morgan fingerprint density at radius 1 is 1.50 bits per heavy atom. The minimum absolute atomic E-state index is 0.311. The van der Waals surface area contributed by atoms with Crippen molar-refractivity contribution in [3.8, 4) is 0 Å². The first-order valence-corrected chi connectivity index (χ1v) is 4.68. The Hall–Kier alpha value is -0.740. The van der Waals surface area contributed by atoms with Gasteiger partial charge in [0, 0.05) is 6.54 Å². The average Bonchev–Trinajstić information content (AvgIpc) is 2.63. The van der Waals surface area contributed by atoms with Crippen molar-refractivity contribution in [1.29, 1.82) is 0 Å². The van der Waals surface area contributed by atoms with E-state index in [1.165, 1.54) is 12.1 Å². The van der Waals surface area contributed by atoms with Gasteiger partial charge in [-0.1, -0.05) is 11.6 Å². The first-order chi connectivity index (χ1) is 6.68. The summed E-state index contributed by atoms with van der Waals surface area (Å²) in [6, 6.07) is 2.66. The van der Waals surface area contributed by atoms with Crippen molar-refractivity contribution >= 4 is 11.6 Å². The van der Waals surface area contributed by atoms with Gasteiger partial charge in [-0.2, -0.15) is 0 Å². The van der Waals surface area contributed by atoms with E-state index in [1.54, 1.807) is 0 Å². The van der Waals surface area contributed by atoms with Crippen molar-refractivity contribution in [2.24, 2.45) is 0 Å². The van der Waals surface area contributed by atoms with Crippen molar-refractivity contribution in [2.75, 3.05) is 13.1 Å². The molecule has 1 fully saturated rings. The van der Waals surface area contributed by atoms with Gasteiger partial charge < -0.3 is 5.32 Å². The smallest absolute Gasteiger partial charge is 0.141 e. The fraction of sp³-hybridized carbons (Fsp3) is 0.444. The highest BCUT2D eigenvalue weighted by Crippen LogP contribution is 2.02. The number of halogens is 3. The third-order valence-electron chi connectivity index (χ3n) is 1.69. The molecule has 0 amide bonds. The van der Waals surface area contributed by atoms with Crippen LogP contribution in [0.15, 0.2) is 18.3 Å². The van der Waals surface area contributed by atoms with Crippen molar-refractivity contribution < 1.29 is 8.78 Å². The van der Waals surface area contributed by atoms with Gasteiger partial charge in [0.1, 0.15) is 17.1 Å². The number of hydrogen-bond acceptors (Lipinski definition) is 2. The van der Waals surface area contributed by atoms with Gasteiger partial charge in [0.25, 0.3) is 0 Å². The summed E-state index contributed by atoms with van der Waals surface area (Å²) in [6.45, 7) is 1.43. The highest BCUT2D eigenvalue weighted by molar-refractivity contribution is 6.29. The Morgan fingerprint density at radius 3 is 2.57 bits per heavy atom. The molecule has 1 saturated heterocycles. The monoisotopic (exact) mass is 220 g/mol. The maximum Gasteiger partial charge on any atom is 0.141 e. The van der Waals surface area contributed by atoms with E-state index in [4.69, 9.17) is 11.6 Å². The summed E-state index contributed by atoms with van der Waals surface area (Å²) >= 11 is 5.33. The molecule has 0 spiro atoms. The van der Waals surface area contributed by atoms with Gasteiger partial charge in [-0.3, -0.25) is 0 Å². The molecule has 1 aromatic rings. The van der Waals surface area contributed by atoms with Gasteiger partial charge in [0.2, 0.25) is 0 Å². The Labute approximate surface area is 86.3 Å². The molecule has 0 radical (unpaired) electrons. The Bertz CT molecular complexity index is 239. The lowest BCUT2D eigenvalue weighted by molar-refractivity contribution is 0.361. The number of hydrogen-bond donors (Lipinski definition) is 1. The Morgan fingerprint density at radius 2 is 2.29 bits per heavy atom. The summed E-state index contributed by atoms with van der Waals surface area (Å²) in [7, 11) is 0. The minimum Gasteiger partial charge on any atom is -0.314 e. The van der Waals surface area contributed by atoms with E-state index in [0.717, 1.165) is 12.7 Å². The van der Waals surface area contributed by atoms with Crippen LogP contribution >= 0.6 is 11.6 Å². The fourth-order valence-electron chi connectivity index (χ4n) is 0.977. The van der Waals surface area contributed by atoms with Gasteiger partial charge in [0.05, 0.1) is 6.20 Å². The first-order valence-electron chi connectivity index (χ1n) is 4.30. The van der Waals surface area contributed by atoms with Crippen LogP contribution in [0.4, 0.5) is 8.78 Å². The van der Waals surface area contributed by atoms with Crippen LogP contribution in [0.5, 0.6) is 0 Å². The molecule has 1 aliphatic heterocycles. The summed E-state index contributed by atoms with van der Waals surface area (Å²) in [6.07, 6.45) is 1.22. The van der Waals surface area contributed by atoms with E-state index in [2.05, 4.69) is 10.3 Å². The zero-order valence-electron chi connectivity index (χ0n) is 7.51. The fourth-order valence-corrected chi connectivity index (χ4v) is 1.09. The van der Waals surface area contributed by atoms with Gasteiger partial charge in [-0.25, -0.2) is 13.8 Å². The summed E-state index contributed by atoms with van der Waals surface area (Å²) in [5.74, 6) is -0.366. The predicted molar refractivity (Wildman–Crippen MR) is 51.6 cm³/mol. The highest BCUT2D eigenvalue weighted by atomic mass is 35.5. The maximum atomic E-state index is 12.0. The average molecular weight is 221 g/mol. The predicted octanol–water partition coefficient (Wildman–Crippen LogP) is 2.19. The summed E-state index contributed by atoms with van der Waals surface area (Å²) in [4.78, 5) is 3.47. The molecular weight excluding hydrogens is 210 g/mol. The van der Waals surface area contributed by atoms with Gasteiger partial charge >= 0.3 is 0 Å². The molecule has 2 heterocycles. The summed E-state index contributed by atoms with van der Waals surface area (Å²) in [5.41, 5.74) is 0. The molecule has 0 bridgehead atoms. The van der Waals surface area contributed by atoms with Crippen LogP contribution in [0, 0.1) is 5.82 Å². The molecule has 1 N–H and O–H groups in total. The van der Waals surface area contributed by atoms with Crippen molar-refractivity contribution in [3.05, 3.63) is 29.3 Å². The van der Waals surface area contributed by atoms with Gasteiger partial charge in [-0.05, 0) is 25.1 Å². The van der Waals surface area contributed by atoms with Crippen LogP contribution in [0.2, 0.25) is 5.15 Å². The van der Waals surface area contributed by atoms with Crippen molar-refractivity contribution in [2.45, 2.75) is 12.6 Å². The molecule has 0 aliphatic carbocycles. The number of alkyl halides is 1. The minimum atomic E-state index is -0.565. The molecule has 0 unspecified atom stereocenters. The van der Waals surface area contributed by atoms with Crippen LogP contribution in [0.1, 0.15) is 6.42 Å². The lowest BCUT2D eigenvalue weighted by atomic mass is 10.4. The van der Waals surface area contributed by atoms with Crippen LogP contribution in [-0.2, 0) is 0 Å². The highest BCUT2D eigenvalue weighted by Gasteiger charge is 2.10. The number of aromatic nitrogens is 1. The van der Waals surface area contributed by atoms with E-state index in [-0.39, 0.29) is 5.82 Å². The Balaban J connectivity index is 0.000000146. The second kappa shape index (κ2) is 5.88. The Kier molecular flexibility index (Phi) is 4.76. The molecule has 78 valence electrons. The van der Waals surface area contributed by atoms with Crippen LogP contribution in [-0.4, -0.2) is 24.2 Å². The van der Waals surface area contributed by atoms with Crippen LogP contribution in [0.25, 0.3) is 0 Å². The molecule has 0 saturated carbocycles. The van der Waals surface area contributed by atoms with E-state index in [1.807, 2.05) is 0 Å². The topological polar surface area (TPSA) is 24.9 Å². The molecule has 1 aromatic heterocycles. The number of pyridine rings is 1. The third-order valence-corrected chi connectivity index (χ3v) is 1.92. The molecule has 2 nitrogen and oxygen atoms in total. The van der Waals surface area contributed by atoms with E-state index in [9.17, 15) is 8.78 Å². The van der Waals surface area contributed by atoms with E-state index >= 15 is 0 Å². The maximum absolute atomic E-state index is 12.0. The van der Waals surface area contributed by atoms with Crippen LogP contribution in [0.3, 0.4) is 0 Å². The zero-order chi connectivity index (χ0) is 10.4.